The van der Waals surface area contributed by atoms with Crippen molar-refractivity contribution in [1.29, 1.82) is 0 Å². The van der Waals surface area contributed by atoms with Gasteiger partial charge in [0, 0.05) is 13.1 Å². The van der Waals surface area contributed by atoms with E-state index in [2.05, 4.69) is 18.6 Å². The maximum absolute atomic E-state index is 12.4. The van der Waals surface area contributed by atoms with E-state index in [-0.39, 0.29) is 18.4 Å². The second-order valence-corrected chi connectivity index (χ2v) is 6.03. The molecule has 2 unspecified atom stereocenters. The van der Waals surface area contributed by atoms with Crippen LogP contribution in [0.2, 0.25) is 0 Å². The highest BCUT2D eigenvalue weighted by Gasteiger charge is 2.26. The number of amides is 1. The number of likely N-dealkylation sites (tertiary alicyclic amines) is 1. The van der Waals surface area contributed by atoms with E-state index in [9.17, 15) is 9.59 Å². The second-order valence-electron chi connectivity index (χ2n) is 6.03. The highest BCUT2D eigenvalue weighted by atomic mass is 16.5. The first-order valence-electron chi connectivity index (χ1n) is 7.53. The lowest BCUT2D eigenvalue weighted by Crippen LogP contribution is -2.47. The molecule has 5 nitrogen and oxygen atoms in total. The number of piperidine rings is 1. The summed E-state index contributed by atoms with van der Waals surface area (Å²) in [5.41, 5.74) is 0. The Morgan fingerprint density at radius 3 is 2.30 bits per heavy atom. The molecule has 0 saturated carbocycles. The maximum atomic E-state index is 12.4. The van der Waals surface area contributed by atoms with Crippen LogP contribution < -0.4 is 0 Å². The van der Waals surface area contributed by atoms with E-state index in [0.717, 1.165) is 26.1 Å². The first-order valence-corrected chi connectivity index (χ1v) is 7.53. The average molecular weight is 284 g/mol. The minimum Gasteiger partial charge on any atom is -0.468 e. The lowest BCUT2D eigenvalue weighted by Gasteiger charge is -2.36. The molecule has 1 aliphatic rings. The Hall–Kier alpha value is -1.10. The third-order valence-electron chi connectivity index (χ3n) is 3.70. The van der Waals surface area contributed by atoms with Gasteiger partial charge in [-0.3, -0.25) is 14.5 Å². The molecule has 1 saturated heterocycles. The number of carbonyl (C=O) groups is 2. The smallest absolute Gasteiger partial charge is 0.319 e. The van der Waals surface area contributed by atoms with Crippen molar-refractivity contribution in [3.05, 3.63) is 0 Å². The minimum atomic E-state index is -0.286. The van der Waals surface area contributed by atoms with Crippen molar-refractivity contribution < 1.29 is 14.3 Å². The fraction of sp³-hybridized carbons (Fsp3) is 0.867. The van der Waals surface area contributed by atoms with Gasteiger partial charge in [0.15, 0.2) is 0 Å². The summed E-state index contributed by atoms with van der Waals surface area (Å²) >= 11 is 0. The average Bonchev–Trinajstić information content (AvgIpc) is 2.37. The van der Waals surface area contributed by atoms with Gasteiger partial charge in [0.05, 0.1) is 20.2 Å². The molecule has 116 valence electrons. The molecule has 1 amide bonds. The van der Waals surface area contributed by atoms with Gasteiger partial charge in [0.25, 0.3) is 0 Å². The minimum absolute atomic E-state index is 0.126. The van der Waals surface area contributed by atoms with Crippen LogP contribution in [-0.4, -0.2) is 61.5 Å². The fourth-order valence-electron chi connectivity index (χ4n) is 2.94. The number of hydrogen-bond donors (Lipinski definition) is 0. The van der Waals surface area contributed by atoms with Crippen molar-refractivity contribution in [2.75, 3.05) is 39.8 Å². The molecule has 0 radical (unpaired) electrons. The molecule has 1 heterocycles. The zero-order valence-electron chi connectivity index (χ0n) is 13.2. The highest BCUT2D eigenvalue weighted by Crippen LogP contribution is 2.21. The predicted molar refractivity (Wildman–Crippen MR) is 78.3 cm³/mol. The molecule has 1 rings (SSSR count). The molecule has 1 aliphatic heterocycles. The molecular weight excluding hydrogens is 256 g/mol. The number of methoxy groups -OCH3 is 1. The Morgan fingerprint density at radius 1 is 1.20 bits per heavy atom. The van der Waals surface area contributed by atoms with Crippen molar-refractivity contribution in [3.63, 3.8) is 0 Å². The Balaban J connectivity index is 2.53. The first-order chi connectivity index (χ1) is 9.46. The van der Waals surface area contributed by atoms with Crippen molar-refractivity contribution in [2.45, 2.75) is 33.6 Å². The third-order valence-corrected chi connectivity index (χ3v) is 3.70. The molecule has 1 fully saturated rings. The number of nitrogens with zero attached hydrogens (tertiary/aromatic N) is 2. The van der Waals surface area contributed by atoms with Crippen LogP contribution in [0.25, 0.3) is 0 Å². The van der Waals surface area contributed by atoms with Crippen molar-refractivity contribution >= 4 is 11.9 Å². The Bertz CT molecular complexity index is 323. The third kappa shape index (κ3) is 5.49. The predicted octanol–water partition coefficient (Wildman–Crippen LogP) is 1.38. The number of hydrogen-bond acceptors (Lipinski definition) is 4. The first kappa shape index (κ1) is 17.0. The molecule has 2 atom stereocenters. The standard InChI is InChI=1S/C15H28N2O3/c1-5-6-16(11-15(19)20-4)10-14(18)17-8-12(2)7-13(3)9-17/h12-13H,5-11H2,1-4H3. The van der Waals surface area contributed by atoms with Crippen LogP contribution in [0, 0.1) is 11.8 Å². The van der Waals surface area contributed by atoms with Gasteiger partial charge in [-0.2, -0.15) is 0 Å². The van der Waals surface area contributed by atoms with E-state index in [1.54, 1.807) is 0 Å². The normalized spacial score (nSPS) is 22.9. The Labute approximate surface area is 122 Å². The van der Waals surface area contributed by atoms with Gasteiger partial charge in [-0.25, -0.2) is 0 Å². The molecular formula is C15H28N2O3. The maximum Gasteiger partial charge on any atom is 0.319 e. The van der Waals surface area contributed by atoms with Gasteiger partial charge in [-0.05, 0) is 31.2 Å². The summed E-state index contributed by atoms with van der Waals surface area (Å²) in [5, 5.41) is 0. The van der Waals surface area contributed by atoms with Crippen molar-refractivity contribution in [2.24, 2.45) is 11.8 Å². The van der Waals surface area contributed by atoms with Gasteiger partial charge in [-0.1, -0.05) is 20.8 Å². The van der Waals surface area contributed by atoms with Crippen molar-refractivity contribution in [1.82, 2.24) is 9.80 Å². The van der Waals surface area contributed by atoms with E-state index in [1.807, 2.05) is 16.7 Å². The zero-order chi connectivity index (χ0) is 15.1. The summed E-state index contributed by atoms with van der Waals surface area (Å²) in [7, 11) is 1.38. The SMILES string of the molecule is CCCN(CC(=O)OC)CC(=O)N1CC(C)CC(C)C1. The molecule has 0 aromatic carbocycles. The van der Waals surface area contributed by atoms with E-state index < -0.39 is 0 Å². The molecule has 0 aromatic heterocycles. The summed E-state index contributed by atoms with van der Waals surface area (Å²) in [5.74, 6) is 0.957. The molecule has 5 heteroatoms. The van der Waals surface area contributed by atoms with Crippen LogP contribution in [0.4, 0.5) is 0 Å². The largest absolute Gasteiger partial charge is 0.468 e. The van der Waals surface area contributed by atoms with Gasteiger partial charge in [-0.15, -0.1) is 0 Å². The van der Waals surface area contributed by atoms with E-state index in [4.69, 9.17) is 0 Å². The number of rotatable bonds is 6. The monoisotopic (exact) mass is 284 g/mol. The van der Waals surface area contributed by atoms with Gasteiger partial charge >= 0.3 is 5.97 Å². The summed E-state index contributed by atoms with van der Waals surface area (Å²) in [6, 6.07) is 0. The summed E-state index contributed by atoms with van der Waals surface area (Å²) < 4.78 is 4.68. The van der Waals surface area contributed by atoms with E-state index >= 15 is 0 Å². The lowest BCUT2D eigenvalue weighted by atomic mass is 9.92. The number of carbonyl (C=O) groups excluding carboxylic acids is 2. The van der Waals surface area contributed by atoms with Gasteiger partial charge in [0.1, 0.15) is 0 Å². The van der Waals surface area contributed by atoms with Crippen LogP contribution >= 0.6 is 0 Å². The van der Waals surface area contributed by atoms with E-state index in [1.165, 1.54) is 13.5 Å². The van der Waals surface area contributed by atoms with Gasteiger partial charge in [0.2, 0.25) is 5.91 Å². The highest BCUT2D eigenvalue weighted by molar-refractivity contribution is 5.79. The summed E-state index contributed by atoms with van der Waals surface area (Å²) in [4.78, 5) is 27.6. The molecule has 0 aliphatic carbocycles. The van der Waals surface area contributed by atoms with Crippen LogP contribution in [0.3, 0.4) is 0 Å². The summed E-state index contributed by atoms with van der Waals surface area (Å²) in [6.07, 6.45) is 2.10. The molecule has 0 spiro atoms. The van der Waals surface area contributed by atoms with Crippen molar-refractivity contribution in [3.8, 4) is 0 Å². The van der Waals surface area contributed by atoms with Crippen LogP contribution in [-0.2, 0) is 14.3 Å². The number of ether oxygens (including phenoxy) is 1. The molecule has 0 bridgehead atoms. The second kappa shape index (κ2) is 8.25. The Kier molecular flexibility index (Phi) is 6.99. The summed E-state index contributed by atoms with van der Waals surface area (Å²) in [6.45, 7) is 9.32. The van der Waals surface area contributed by atoms with Crippen LogP contribution in [0.15, 0.2) is 0 Å². The molecule has 0 N–H and O–H groups in total. The molecule has 20 heavy (non-hydrogen) atoms. The van der Waals surface area contributed by atoms with Crippen LogP contribution in [0.1, 0.15) is 33.6 Å². The number of esters is 1. The van der Waals surface area contributed by atoms with E-state index in [0.29, 0.717) is 18.4 Å². The lowest BCUT2D eigenvalue weighted by molar-refractivity contribution is -0.143. The Morgan fingerprint density at radius 2 is 1.80 bits per heavy atom. The zero-order valence-corrected chi connectivity index (χ0v) is 13.2. The quantitative estimate of drug-likeness (QED) is 0.691. The van der Waals surface area contributed by atoms with Gasteiger partial charge < -0.3 is 9.64 Å². The topological polar surface area (TPSA) is 49.9 Å². The van der Waals surface area contributed by atoms with Crippen LogP contribution in [0.5, 0.6) is 0 Å². The molecule has 0 aromatic rings. The fourth-order valence-corrected chi connectivity index (χ4v) is 2.94.